The van der Waals surface area contributed by atoms with Gasteiger partial charge in [-0.1, -0.05) is 48.5 Å². The molecular formula is C24H27N3O3. The molecule has 156 valence electrons. The molecule has 0 radical (unpaired) electrons. The first-order valence-corrected chi connectivity index (χ1v) is 10.6. The zero-order valence-electron chi connectivity index (χ0n) is 17.0. The second-order valence-corrected chi connectivity index (χ2v) is 7.99. The number of nitrogens with one attached hydrogen (secondary N) is 1. The molecule has 30 heavy (non-hydrogen) atoms. The van der Waals surface area contributed by atoms with Crippen LogP contribution in [0.25, 0.3) is 0 Å². The summed E-state index contributed by atoms with van der Waals surface area (Å²) in [4.78, 5) is 41.6. The van der Waals surface area contributed by atoms with Gasteiger partial charge in [-0.2, -0.15) is 0 Å². The van der Waals surface area contributed by atoms with Crippen molar-refractivity contribution in [2.45, 2.75) is 25.3 Å². The second-order valence-electron chi connectivity index (χ2n) is 7.99. The molecule has 6 heteroatoms. The van der Waals surface area contributed by atoms with Gasteiger partial charge in [0.15, 0.2) is 0 Å². The molecule has 2 aliphatic rings. The van der Waals surface area contributed by atoms with Crippen LogP contribution in [0.4, 0.5) is 0 Å². The van der Waals surface area contributed by atoms with E-state index in [0.717, 1.165) is 18.4 Å². The van der Waals surface area contributed by atoms with Gasteiger partial charge in [0.25, 0.3) is 5.91 Å². The van der Waals surface area contributed by atoms with Crippen molar-refractivity contribution in [3.8, 4) is 0 Å². The van der Waals surface area contributed by atoms with Gasteiger partial charge < -0.3 is 15.1 Å². The van der Waals surface area contributed by atoms with E-state index < -0.39 is 6.04 Å². The summed E-state index contributed by atoms with van der Waals surface area (Å²) in [6.45, 7) is 2.28. The first-order valence-electron chi connectivity index (χ1n) is 10.6. The molecule has 0 unspecified atom stereocenters. The standard InChI is InChI=1S/C24H27N3O3/c28-22(26-13-15-27(16-14-26)24(30)20-11-12-20)17-21(18-7-3-1-4-8-18)25-23(29)19-9-5-2-6-10-19/h1-10,20-21H,11-17H2,(H,25,29)/t21-/m1/s1. The van der Waals surface area contributed by atoms with Crippen molar-refractivity contribution >= 4 is 17.7 Å². The van der Waals surface area contributed by atoms with E-state index >= 15 is 0 Å². The lowest BCUT2D eigenvalue weighted by molar-refractivity contribution is -0.140. The number of carbonyl (C=O) groups is 3. The number of benzene rings is 2. The number of carbonyl (C=O) groups excluding carboxylic acids is 3. The van der Waals surface area contributed by atoms with Crippen LogP contribution in [0.15, 0.2) is 60.7 Å². The van der Waals surface area contributed by atoms with Gasteiger partial charge in [-0.15, -0.1) is 0 Å². The summed E-state index contributed by atoms with van der Waals surface area (Å²) in [5.41, 5.74) is 1.47. The predicted octanol–water partition coefficient (Wildman–Crippen LogP) is 2.63. The minimum atomic E-state index is -0.405. The molecule has 1 N–H and O–H groups in total. The van der Waals surface area contributed by atoms with Gasteiger partial charge in [0.05, 0.1) is 12.5 Å². The van der Waals surface area contributed by atoms with Crippen LogP contribution in [0, 0.1) is 5.92 Å². The lowest BCUT2D eigenvalue weighted by atomic mass is 10.0. The summed E-state index contributed by atoms with van der Waals surface area (Å²) < 4.78 is 0. The van der Waals surface area contributed by atoms with E-state index in [1.165, 1.54) is 0 Å². The minimum absolute atomic E-state index is 0.00395. The molecule has 1 heterocycles. The normalized spacial score (nSPS) is 17.3. The fourth-order valence-electron chi connectivity index (χ4n) is 3.84. The number of amides is 3. The fraction of sp³-hybridized carbons (Fsp3) is 0.375. The SMILES string of the molecule is O=C(N[C@H](CC(=O)N1CCN(C(=O)C2CC2)CC1)c1ccccc1)c1ccccc1. The van der Waals surface area contributed by atoms with Crippen LogP contribution >= 0.6 is 0 Å². The van der Waals surface area contributed by atoms with Crippen molar-refractivity contribution in [1.29, 1.82) is 0 Å². The highest BCUT2D eigenvalue weighted by Gasteiger charge is 2.35. The zero-order valence-corrected chi connectivity index (χ0v) is 17.0. The summed E-state index contributed by atoms with van der Waals surface area (Å²) in [7, 11) is 0. The van der Waals surface area contributed by atoms with E-state index in [9.17, 15) is 14.4 Å². The molecule has 1 aliphatic carbocycles. The quantitative estimate of drug-likeness (QED) is 0.803. The van der Waals surface area contributed by atoms with Crippen LogP contribution in [0.2, 0.25) is 0 Å². The number of nitrogens with zero attached hydrogens (tertiary/aromatic N) is 2. The number of hydrogen-bond acceptors (Lipinski definition) is 3. The van der Waals surface area contributed by atoms with Gasteiger partial charge in [-0.05, 0) is 30.5 Å². The Morgan fingerprint density at radius 1 is 0.833 bits per heavy atom. The Morgan fingerprint density at radius 2 is 1.40 bits per heavy atom. The molecule has 0 spiro atoms. The third kappa shape index (κ3) is 4.87. The molecule has 2 aromatic rings. The Labute approximate surface area is 176 Å². The Balaban J connectivity index is 1.39. The molecule has 4 rings (SSSR count). The summed E-state index contributed by atoms with van der Waals surface area (Å²) >= 11 is 0. The van der Waals surface area contributed by atoms with Gasteiger partial charge in [0.2, 0.25) is 11.8 Å². The second kappa shape index (κ2) is 9.11. The van der Waals surface area contributed by atoms with Gasteiger partial charge in [-0.3, -0.25) is 14.4 Å². The van der Waals surface area contributed by atoms with Crippen LogP contribution in [0.1, 0.15) is 41.2 Å². The molecular weight excluding hydrogens is 378 g/mol. The lowest BCUT2D eigenvalue weighted by Gasteiger charge is -2.35. The predicted molar refractivity (Wildman–Crippen MR) is 114 cm³/mol. The van der Waals surface area contributed by atoms with Crippen molar-refractivity contribution in [1.82, 2.24) is 15.1 Å². The smallest absolute Gasteiger partial charge is 0.251 e. The maximum atomic E-state index is 13.0. The summed E-state index contributed by atoms with van der Waals surface area (Å²) in [5.74, 6) is 0.245. The molecule has 1 atom stereocenters. The van der Waals surface area contributed by atoms with Crippen molar-refractivity contribution in [3.05, 3.63) is 71.8 Å². The Kier molecular flexibility index (Phi) is 6.12. The van der Waals surface area contributed by atoms with Gasteiger partial charge in [-0.25, -0.2) is 0 Å². The van der Waals surface area contributed by atoms with Crippen LogP contribution in [-0.4, -0.2) is 53.7 Å². The zero-order chi connectivity index (χ0) is 20.9. The van der Waals surface area contributed by atoms with Crippen LogP contribution < -0.4 is 5.32 Å². The summed E-state index contributed by atoms with van der Waals surface area (Å²) in [5, 5.41) is 3.02. The van der Waals surface area contributed by atoms with Crippen LogP contribution in [-0.2, 0) is 9.59 Å². The monoisotopic (exact) mass is 405 g/mol. The van der Waals surface area contributed by atoms with Crippen molar-refractivity contribution in [2.75, 3.05) is 26.2 Å². The minimum Gasteiger partial charge on any atom is -0.345 e. The van der Waals surface area contributed by atoms with Gasteiger partial charge in [0.1, 0.15) is 0 Å². The van der Waals surface area contributed by atoms with E-state index in [4.69, 9.17) is 0 Å². The summed E-state index contributed by atoms with van der Waals surface area (Å²) in [6.07, 6.45) is 2.19. The molecule has 1 saturated carbocycles. The third-order valence-corrected chi connectivity index (χ3v) is 5.79. The Bertz CT molecular complexity index is 888. The van der Waals surface area contributed by atoms with E-state index in [1.54, 1.807) is 17.0 Å². The van der Waals surface area contributed by atoms with E-state index in [2.05, 4.69) is 5.32 Å². The number of hydrogen-bond donors (Lipinski definition) is 1. The van der Waals surface area contributed by atoms with Crippen molar-refractivity contribution < 1.29 is 14.4 Å². The summed E-state index contributed by atoms with van der Waals surface area (Å²) in [6, 6.07) is 18.2. The first kappa shape index (κ1) is 20.1. The third-order valence-electron chi connectivity index (χ3n) is 5.79. The molecule has 1 aliphatic heterocycles. The van der Waals surface area contributed by atoms with Gasteiger partial charge in [0, 0.05) is 37.7 Å². The fourth-order valence-corrected chi connectivity index (χ4v) is 3.84. The van der Waals surface area contributed by atoms with Crippen LogP contribution in [0.5, 0.6) is 0 Å². The van der Waals surface area contributed by atoms with Crippen molar-refractivity contribution in [3.63, 3.8) is 0 Å². The highest BCUT2D eigenvalue weighted by Crippen LogP contribution is 2.31. The molecule has 0 aromatic heterocycles. The van der Waals surface area contributed by atoms with E-state index in [-0.39, 0.29) is 30.1 Å². The molecule has 1 saturated heterocycles. The van der Waals surface area contributed by atoms with E-state index in [0.29, 0.717) is 31.7 Å². The molecule has 0 bridgehead atoms. The highest BCUT2D eigenvalue weighted by atomic mass is 16.2. The molecule has 2 fully saturated rings. The maximum Gasteiger partial charge on any atom is 0.251 e. The highest BCUT2D eigenvalue weighted by molar-refractivity contribution is 5.94. The maximum absolute atomic E-state index is 13.0. The van der Waals surface area contributed by atoms with Gasteiger partial charge >= 0.3 is 0 Å². The van der Waals surface area contributed by atoms with E-state index in [1.807, 2.05) is 53.4 Å². The van der Waals surface area contributed by atoms with Crippen molar-refractivity contribution in [2.24, 2.45) is 5.92 Å². The lowest BCUT2D eigenvalue weighted by Crippen LogP contribution is -2.51. The number of piperazine rings is 1. The molecule has 3 amide bonds. The Hall–Kier alpha value is -3.15. The average Bonchev–Trinajstić information content (AvgIpc) is 3.65. The number of rotatable bonds is 6. The molecule has 6 nitrogen and oxygen atoms in total. The molecule has 2 aromatic carbocycles. The first-order chi connectivity index (χ1) is 14.6. The average molecular weight is 405 g/mol. The Morgan fingerprint density at radius 3 is 2.00 bits per heavy atom. The van der Waals surface area contributed by atoms with Crippen LogP contribution in [0.3, 0.4) is 0 Å². The largest absolute Gasteiger partial charge is 0.345 e. The topological polar surface area (TPSA) is 69.7 Å².